The minimum absolute atomic E-state index is 0.718. The Kier molecular flexibility index (Phi) is 5.32. The molecule has 14 heavy (non-hydrogen) atoms. The van der Waals surface area contributed by atoms with Crippen molar-refractivity contribution < 1.29 is 8.85 Å². The molecule has 0 aliphatic rings. The predicted molar refractivity (Wildman–Crippen MR) is 70.5 cm³/mol. The molecule has 0 atom stereocenters. The van der Waals surface area contributed by atoms with Crippen molar-refractivity contribution in [3.8, 4) is 0 Å². The zero-order valence-corrected chi connectivity index (χ0v) is 13.1. The third-order valence-electron chi connectivity index (χ3n) is 1.03. The van der Waals surface area contributed by atoms with Gasteiger partial charge in [-0.3, -0.25) is 0 Å². The summed E-state index contributed by atoms with van der Waals surface area (Å²) in [6.07, 6.45) is 2.02. The first-order chi connectivity index (χ1) is 6.14. The molecule has 0 aliphatic heterocycles. The second-order valence-electron chi connectivity index (χ2n) is 5.10. The van der Waals surface area contributed by atoms with Gasteiger partial charge in [0.2, 0.25) is 16.6 Å². The highest BCUT2D eigenvalue weighted by atomic mass is 32.2. The molecule has 0 aromatic carbocycles. The smallest absolute Gasteiger partial charge is 0.258 e. The minimum Gasteiger partial charge on any atom is -0.520 e. The van der Waals surface area contributed by atoms with Crippen LogP contribution in [0.15, 0.2) is 11.4 Å². The first kappa shape index (κ1) is 14.1. The van der Waals surface area contributed by atoms with Gasteiger partial charge in [-0.1, -0.05) is 0 Å². The quantitative estimate of drug-likeness (QED) is 0.545. The highest BCUT2D eigenvalue weighted by molar-refractivity contribution is 8.01. The lowest BCUT2D eigenvalue weighted by Gasteiger charge is -2.27. The van der Waals surface area contributed by atoms with Crippen LogP contribution in [-0.2, 0) is 8.85 Å². The Morgan fingerprint density at radius 2 is 1.29 bits per heavy atom. The number of hydrogen-bond acceptors (Lipinski definition) is 3. The topological polar surface area (TPSA) is 18.5 Å². The normalized spacial score (nSPS) is 12.2. The van der Waals surface area contributed by atoms with Gasteiger partial charge in [-0.25, -0.2) is 0 Å². The standard InChI is InChI=1S/C9H22O2SSi2/c1-12-8-9(10-13(2,3)4)11-14(5,6)7/h8H,1-7H3. The lowest BCUT2D eigenvalue weighted by Crippen LogP contribution is -2.31. The maximum Gasteiger partial charge on any atom is 0.258 e. The Balaban J connectivity index is 4.41. The Bertz CT molecular complexity index is 186. The summed E-state index contributed by atoms with van der Waals surface area (Å²) in [6, 6.07) is 0. The summed E-state index contributed by atoms with van der Waals surface area (Å²) in [6.45, 7) is 13.0. The first-order valence-electron chi connectivity index (χ1n) is 4.75. The predicted octanol–water partition coefficient (Wildman–Crippen LogP) is 3.85. The van der Waals surface area contributed by atoms with Crippen LogP contribution in [0.3, 0.4) is 0 Å². The van der Waals surface area contributed by atoms with Gasteiger partial charge in [0.15, 0.2) is 0 Å². The zero-order valence-electron chi connectivity index (χ0n) is 10.3. The lowest BCUT2D eigenvalue weighted by atomic mass is 11.1. The van der Waals surface area contributed by atoms with E-state index in [0.29, 0.717) is 0 Å². The lowest BCUT2D eigenvalue weighted by molar-refractivity contribution is 0.218. The Labute approximate surface area is 94.3 Å². The molecule has 0 spiro atoms. The SMILES string of the molecule is CSC=C(O[Si](C)(C)C)O[Si](C)(C)C. The van der Waals surface area contributed by atoms with E-state index in [1.165, 1.54) is 0 Å². The Hall–Kier alpha value is 0.124. The molecule has 0 bridgehead atoms. The van der Waals surface area contributed by atoms with Crippen LogP contribution in [0.25, 0.3) is 0 Å². The maximum atomic E-state index is 5.85. The van der Waals surface area contributed by atoms with Crippen molar-refractivity contribution in [2.75, 3.05) is 6.26 Å². The highest BCUT2D eigenvalue weighted by Crippen LogP contribution is 2.18. The molecule has 0 saturated heterocycles. The van der Waals surface area contributed by atoms with E-state index in [-0.39, 0.29) is 0 Å². The van der Waals surface area contributed by atoms with Crippen LogP contribution >= 0.6 is 11.8 Å². The second-order valence-corrected chi connectivity index (χ2v) is 14.7. The molecule has 84 valence electrons. The summed E-state index contributed by atoms with van der Waals surface area (Å²) in [4.78, 5) is 0. The molecule has 0 aromatic heterocycles. The minimum atomic E-state index is -1.54. The van der Waals surface area contributed by atoms with Crippen molar-refractivity contribution >= 4 is 28.4 Å². The fourth-order valence-corrected chi connectivity index (χ4v) is 2.72. The van der Waals surface area contributed by atoms with Gasteiger partial charge in [0.25, 0.3) is 5.95 Å². The molecule has 0 saturated carbocycles. The molecule has 0 rings (SSSR count). The van der Waals surface area contributed by atoms with E-state index in [1.54, 1.807) is 11.8 Å². The van der Waals surface area contributed by atoms with Crippen molar-refractivity contribution in [3.63, 3.8) is 0 Å². The second kappa shape index (κ2) is 5.27. The van der Waals surface area contributed by atoms with Gasteiger partial charge in [-0.05, 0) is 45.5 Å². The van der Waals surface area contributed by atoms with Gasteiger partial charge >= 0.3 is 0 Å². The molecule has 0 heterocycles. The van der Waals surface area contributed by atoms with Crippen LogP contribution < -0.4 is 0 Å². The van der Waals surface area contributed by atoms with Crippen molar-refractivity contribution in [2.24, 2.45) is 0 Å². The van der Waals surface area contributed by atoms with Gasteiger partial charge in [0, 0.05) is 5.41 Å². The Morgan fingerprint density at radius 1 is 0.929 bits per heavy atom. The van der Waals surface area contributed by atoms with Crippen LogP contribution in [0, 0.1) is 0 Å². The third-order valence-corrected chi connectivity index (χ3v) is 3.08. The molecule has 0 aliphatic carbocycles. The van der Waals surface area contributed by atoms with Crippen LogP contribution in [0.1, 0.15) is 0 Å². The van der Waals surface area contributed by atoms with Gasteiger partial charge in [0.1, 0.15) is 0 Å². The number of rotatable bonds is 5. The summed E-state index contributed by atoms with van der Waals surface area (Å²) < 4.78 is 11.7. The van der Waals surface area contributed by atoms with E-state index in [2.05, 4.69) is 39.3 Å². The molecule has 0 N–H and O–H groups in total. The monoisotopic (exact) mass is 250 g/mol. The fourth-order valence-electron chi connectivity index (χ4n) is 0.769. The van der Waals surface area contributed by atoms with Gasteiger partial charge in [-0.2, -0.15) is 0 Å². The van der Waals surface area contributed by atoms with E-state index in [0.717, 1.165) is 5.95 Å². The number of thioether (sulfide) groups is 1. The number of hydrogen-bond donors (Lipinski definition) is 0. The van der Waals surface area contributed by atoms with Crippen molar-refractivity contribution in [2.45, 2.75) is 39.3 Å². The summed E-state index contributed by atoms with van der Waals surface area (Å²) in [5, 5.41) is 1.95. The molecule has 0 radical (unpaired) electrons. The molecule has 2 nitrogen and oxygen atoms in total. The van der Waals surface area contributed by atoms with E-state index in [4.69, 9.17) is 8.85 Å². The van der Waals surface area contributed by atoms with Gasteiger partial charge in [-0.15, -0.1) is 11.8 Å². The van der Waals surface area contributed by atoms with Crippen LogP contribution in [0.4, 0.5) is 0 Å². The van der Waals surface area contributed by atoms with Gasteiger partial charge < -0.3 is 8.85 Å². The maximum absolute atomic E-state index is 5.85. The summed E-state index contributed by atoms with van der Waals surface area (Å²) in [7, 11) is -3.08. The molecule has 0 aromatic rings. The molecule has 0 fully saturated rings. The molecule has 0 unspecified atom stereocenters. The largest absolute Gasteiger partial charge is 0.520 e. The van der Waals surface area contributed by atoms with Gasteiger partial charge in [0.05, 0.1) is 0 Å². The average Bonchev–Trinajstić information content (AvgIpc) is 1.78. The molecule has 5 heteroatoms. The van der Waals surface area contributed by atoms with E-state index in [9.17, 15) is 0 Å². The summed E-state index contributed by atoms with van der Waals surface area (Å²) >= 11 is 1.62. The van der Waals surface area contributed by atoms with Crippen LogP contribution in [0.2, 0.25) is 39.3 Å². The zero-order chi connectivity index (χ0) is 11.4. The summed E-state index contributed by atoms with van der Waals surface area (Å²) in [5.41, 5.74) is 0. The first-order valence-corrected chi connectivity index (χ1v) is 12.9. The third kappa shape index (κ3) is 8.71. The highest BCUT2D eigenvalue weighted by Gasteiger charge is 2.23. The molecular formula is C9H22O2SSi2. The summed E-state index contributed by atoms with van der Waals surface area (Å²) in [5.74, 6) is 0.718. The molecule has 0 amide bonds. The van der Waals surface area contributed by atoms with E-state index >= 15 is 0 Å². The van der Waals surface area contributed by atoms with Crippen molar-refractivity contribution in [1.82, 2.24) is 0 Å². The van der Waals surface area contributed by atoms with E-state index < -0.39 is 16.6 Å². The van der Waals surface area contributed by atoms with Crippen LogP contribution in [-0.4, -0.2) is 22.9 Å². The van der Waals surface area contributed by atoms with Crippen molar-refractivity contribution in [3.05, 3.63) is 11.4 Å². The van der Waals surface area contributed by atoms with E-state index in [1.807, 2.05) is 11.7 Å². The van der Waals surface area contributed by atoms with Crippen LogP contribution in [0.5, 0.6) is 0 Å². The fraction of sp³-hybridized carbons (Fsp3) is 0.778. The average molecular weight is 251 g/mol. The Morgan fingerprint density at radius 3 is 1.50 bits per heavy atom. The molecular weight excluding hydrogens is 228 g/mol. The van der Waals surface area contributed by atoms with Crippen molar-refractivity contribution in [1.29, 1.82) is 0 Å².